The number of nitrogens with one attached hydrogen (secondary N) is 1. The molecule has 2 atom stereocenters. The fraction of sp³-hybridized carbons (Fsp3) is 0.733. The molecule has 2 heterocycles. The first-order chi connectivity index (χ1) is 9.22. The van der Waals surface area contributed by atoms with Gasteiger partial charge >= 0.3 is 0 Å². The number of halogens is 1. The Morgan fingerprint density at radius 1 is 1.37 bits per heavy atom. The predicted octanol–water partition coefficient (Wildman–Crippen LogP) is 3.93. The highest BCUT2D eigenvalue weighted by atomic mass is 35.5. The van der Waals surface area contributed by atoms with Crippen molar-refractivity contribution in [2.45, 2.75) is 50.2 Å². The third kappa shape index (κ3) is 2.69. The van der Waals surface area contributed by atoms with Crippen molar-refractivity contribution in [2.75, 3.05) is 13.7 Å². The average molecular weight is 284 g/mol. The number of ether oxygens (including phenoxy) is 1. The van der Waals surface area contributed by atoms with Crippen LogP contribution in [0, 0.1) is 5.92 Å². The molecule has 1 saturated carbocycles. The summed E-state index contributed by atoms with van der Waals surface area (Å²) >= 11 is 5.90. The van der Waals surface area contributed by atoms with E-state index in [1.54, 1.807) is 0 Å². The Kier molecular flexibility index (Phi) is 3.88. The van der Waals surface area contributed by atoms with E-state index in [9.17, 15) is 0 Å². The smallest absolute Gasteiger partial charge is 0.193 e. The van der Waals surface area contributed by atoms with Crippen LogP contribution in [0.25, 0.3) is 0 Å². The van der Waals surface area contributed by atoms with Crippen molar-refractivity contribution in [2.24, 2.45) is 5.92 Å². The molecule has 106 valence electrons. The molecule has 1 saturated heterocycles. The Morgan fingerprint density at radius 2 is 2.16 bits per heavy atom. The van der Waals surface area contributed by atoms with Crippen LogP contribution >= 0.6 is 11.6 Å². The molecular formula is C15H22ClNO2. The van der Waals surface area contributed by atoms with Gasteiger partial charge in [0.05, 0.1) is 11.6 Å². The molecule has 4 heteroatoms. The van der Waals surface area contributed by atoms with E-state index in [4.69, 9.17) is 20.8 Å². The highest BCUT2D eigenvalue weighted by Gasteiger charge is 2.42. The molecule has 2 aliphatic rings. The van der Waals surface area contributed by atoms with Crippen molar-refractivity contribution in [3.8, 4) is 0 Å². The van der Waals surface area contributed by atoms with Crippen LogP contribution in [-0.4, -0.2) is 19.3 Å². The number of furan rings is 1. The molecule has 0 bridgehead atoms. The van der Waals surface area contributed by atoms with E-state index in [0.717, 1.165) is 25.2 Å². The summed E-state index contributed by atoms with van der Waals surface area (Å²) in [7, 11) is 2.00. The van der Waals surface area contributed by atoms with Crippen molar-refractivity contribution >= 4 is 11.6 Å². The lowest BCUT2D eigenvalue weighted by atomic mass is 9.80. The zero-order chi connectivity index (χ0) is 13.3. The molecule has 0 radical (unpaired) electrons. The van der Waals surface area contributed by atoms with Crippen LogP contribution in [0.5, 0.6) is 0 Å². The molecular weight excluding hydrogens is 262 g/mol. The lowest BCUT2D eigenvalue weighted by molar-refractivity contribution is -0.0987. The number of hydrogen-bond acceptors (Lipinski definition) is 3. The van der Waals surface area contributed by atoms with Gasteiger partial charge in [0.1, 0.15) is 5.76 Å². The van der Waals surface area contributed by atoms with Gasteiger partial charge in [-0.15, -0.1) is 0 Å². The zero-order valence-electron chi connectivity index (χ0n) is 11.5. The summed E-state index contributed by atoms with van der Waals surface area (Å²) in [5.74, 6) is 1.52. The molecule has 1 aromatic heterocycles. The van der Waals surface area contributed by atoms with E-state index < -0.39 is 0 Å². The van der Waals surface area contributed by atoms with Gasteiger partial charge in [0.2, 0.25) is 0 Å². The fourth-order valence-corrected chi connectivity index (χ4v) is 3.98. The first-order valence-electron chi connectivity index (χ1n) is 7.29. The van der Waals surface area contributed by atoms with E-state index in [0.29, 0.717) is 11.1 Å². The molecule has 2 unspecified atom stereocenters. The molecule has 0 amide bonds. The van der Waals surface area contributed by atoms with Gasteiger partial charge < -0.3 is 14.5 Å². The lowest BCUT2D eigenvalue weighted by Gasteiger charge is -2.40. The molecule has 3 rings (SSSR count). The second kappa shape index (κ2) is 5.47. The van der Waals surface area contributed by atoms with E-state index in [2.05, 4.69) is 5.32 Å². The maximum atomic E-state index is 6.11. The summed E-state index contributed by atoms with van der Waals surface area (Å²) in [6, 6.07) is 4.06. The monoisotopic (exact) mass is 283 g/mol. The Hall–Kier alpha value is -0.510. The average Bonchev–Trinajstić information content (AvgIpc) is 3.01. The Labute approximate surface area is 119 Å². The summed E-state index contributed by atoms with van der Waals surface area (Å²) in [4.78, 5) is 0. The first kappa shape index (κ1) is 13.5. The Morgan fingerprint density at radius 3 is 2.79 bits per heavy atom. The summed E-state index contributed by atoms with van der Waals surface area (Å²) in [6.07, 6.45) is 7.28. The van der Waals surface area contributed by atoms with Gasteiger partial charge in [0, 0.05) is 6.61 Å². The van der Waals surface area contributed by atoms with Gasteiger partial charge in [0.15, 0.2) is 5.22 Å². The minimum Gasteiger partial charge on any atom is -0.448 e. The molecule has 1 spiro atoms. The lowest BCUT2D eigenvalue weighted by Crippen LogP contribution is -2.41. The van der Waals surface area contributed by atoms with Gasteiger partial charge in [0.25, 0.3) is 0 Å². The van der Waals surface area contributed by atoms with Crippen LogP contribution in [0.15, 0.2) is 16.5 Å². The van der Waals surface area contributed by atoms with Gasteiger partial charge in [-0.3, -0.25) is 0 Å². The molecule has 3 nitrogen and oxygen atoms in total. The number of hydrogen-bond donors (Lipinski definition) is 1. The van der Waals surface area contributed by atoms with Gasteiger partial charge in [-0.05, 0) is 62.4 Å². The summed E-state index contributed by atoms with van der Waals surface area (Å²) < 4.78 is 11.7. The van der Waals surface area contributed by atoms with Crippen molar-refractivity contribution in [3.05, 3.63) is 23.1 Å². The molecule has 1 aliphatic heterocycles. The van der Waals surface area contributed by atoms with Crippen molar-refractivity contribution in [1.82, 2.24) is 5.32 Å². The third-order valence-electron chi connectivity index (χ3n) is 4.73. The zero-order valence-corrected chi connectivity index (χ0v) is 12.2. The quantitative estimate of drug-likeness (QED) is 0.913. The van der Waals surface area contributed by atoms with E-state index in [1.807, 2.05) is 19.2 Å². The second-order valence-corrected chi connectivity index (χ2v) is 6.27. The molecule has 19 heavy (non-hydrogen) atoms. The number of rotatable bonds is 3. The highest BCUT2D eigenvalue weighted by molar-refractivity contribution is 6.28. The van der Waals surface area contributed by atoms with Crippen LogP contribution in [-0.2, 0) is 4.74 Å². The van der Waals surface area contributed by atoms with E-state index in [1.165, 1.54) is 25.7 Å². The maximum absolute atomic E-state index is 6.11. The van der Waals surface area contributed by atoms with Crippen LogP contribution in [0.4, 0.5) is 0 Å². The van der Waals surface area contributed by atoms with E-state index >= 15 is 0 Å². The van der Waals surface area contributed by atoms with Gasteiger partial charge in [-0.25, -0.2) is 0 Å². The molecule has 0 aromatic carbocycles. The van der Waals surface area contributed by atoms with Crippen LogP contribution in [0.3, 0.4) is 0 Å². The van der Waals surface area contributed by atoms with Gasteiger partial charge in [-0.1, -0.05) is 12.8 Å². The van der Waals surface area contributed by atoms with Crippen molar-refractivity contribution < 1.29 is 9.15 Å². The fourth-order valence-electron chi connectivity index (χ4n) is 3.82. The van der Waals surface area contributed by atoms with Crippen LogP contribution < -0.4 is 5.32 Å². The molecule has 1 N–H and O–H groups in total. The summed E-state index contributed by atoms with van der Waals surface area (Å²) in [5, 5.41) is 3.87. The van der Waals surface area contributed by atoms with Crippen molar-refractivity contribution in [1.29, 1.82) is 0 Å². The minimum atomic E-state index is 0.147. The topological polar surface area (TPSA) is 34.4 Å². The van der Waals surface area contributed by atoms with Crippen LogP contribution in [0.2, 0.25) is 5.22 Å². The summed E-state index contributed by atoms with van der Waals surface area (Å²) in [6.45, 7) is 0.872. The molecule has 1 aromatic rings. The standard InChI is InChI=1S/C15H22ClNO2/c1-17-14(12-4-5-13(16)19-12)11-6-9-18-15(10-11)7-2-3-8-15/h4-5,11,14,17H,2-3,6-10H2,1H3. The minimum absolute atomic E-state index is 0.147. The Balaban J connectivity index is 1.76. The van der Waals surface area contributed by atoms with Crippen molar-refractivity contribution in [3.63, 3.8) is 0 Å². The van der Waals surface area contributed by atoms with E-state index in [-0.39, 0.29) is 11.6 Å². The maximum Gasteiger partial charge on any atom is 0.193 e. The Bertz CT molecular complexity index is 426. The normalized spacial score (nSPS) is 27.8. The largest absolute Gasteiger partial charge is 0.448 e. The third-order valence-corrected chi connectivity index (χ3v) is 4.93. The summed E-state index contributed by atoms with van der Waals surface area (Å²) in [5.41, 5.74) is 0.147. The highest BCUT2D eigenvalue weighted by Crippen LogP contribution is 2.45. The SMILES string of the molecule is CNC(c1ccc(Cl)o1)C1CCOC2(CCCC2)C1. The molecule has 2 fully saturated rings. The first-order valence-corrected chi connectivity index (χ1v) is 7.67. The van der Waals surface area contributed by atoms with Crippen LogP contribution in [0.1, 0.15) is 50.3 Å². The van der Waals surface area contributed by atoms with Gasteiger partial charge in [-0.2, -0.15) is 0 Å². The molecule has 1 aliphatic carbocycles. The second-order valence-electron chi connectivity index (χ2n) is 5.90. The predicted molar refractivity (Wildman–Crippen MR) is 75.4 cm³/mol.